The van der Waals surface area contributed by atoms with E-state index < -0.39 is 15.7 Å². The Balaban J connectivity index is 2.08. The largest absolute Gasteiger partial charge is 0.395 e. The Morgan fingerprint density at radius 1 is 1.04 bits per heavy atom. The van der Waals surface area contributed by atoms with Crippen molar-refractivity contribution in [3.8, 4) is 0 Å². The molecule has 9 heteroatoms. The van der Waals surface area contributed by atoms with Gasteiger partial charge in [-0.2, -0.15) is 0 Å². The maximum absolute atomic E-state index is 13.2. The fourth-order valence-electron chi connectivity index (χ4n) is 3.01. The fraction of sp³-hybridized carbons (Fsp3) is 0.111. The van der Waals surface area contributed by atoms with Crippen molar-refractivity contribution in [1.82, 2.24) is 14.5 Å². The highest BCUT2D eigenvalue weighted by Crippen LogP contribution is 2.35. The summed E-state index contributed by atoms with van der Waals surface area (Å²) in [5.74, 6) is -0.617. The number of hydrogen-bond donors (Lipinski definition) is 2. The van der Waals surface area contributed by atoms with Crippen LogP contribution in [0.3, 0.4) is 0 Å². The van der Waals surface area contributed by atoms with E-state index in [4.69, 9.17) is 5.73 Å². The van der Waals surface area contributed by atoms with Gasteiger partial charge in [-0.3, -0.25) is 0 Å². The van der Waals surface area contributed by atoms with Gasteiger partial charge in [0.25, 0.3) is 0 Å². The summed E-state index contributed by atoms with van der Waals surface area (Å²) >= 11 is 0. The van der Waals surface area contributed by atoms with Crippen LogP contribution in [-0.2, 0) is 16.4 Å². The minimum atomic E-state index is -4.08. The zero-order chi connectivity index (χ0) is 19.2. The third-order valence-corrected chi connectivity index (χ3v) is 6.10. The summed E-state index contributed by atoms with van der Waals surface area (Å²) in [5, 5.41) is 9.36. The number of benzene rings is 2. The number of sulfone groups is 1. The maximum atomic E-state index is 13.2. The maximum Gasteiger partial charge on any atom is 0.212 e. The monoisotopic (exact) mass is 386 g/mol. The number of nitrogens with zero attached hydrogens (tertiary/aromatic N) is 3. The van der Waals surface area contributed by atoms with Crippen molar-refractivity contribution in [1.29, 1.82) is 0 Å². The third kappa shape index (κ3) is 2.71. The molecular weight excluding hydrogens is 371 g/mol. The summed E-state index contributed by atoms with van der Waals surface area (Å²) in [6, 6.07) is 11.5. The summed E-state index contributed by atoms with van der Waals surface area (Å²) in [7, 11) is -4.08. The van der Waals surface area contributed by atoms with Crippen LogP contribution in [0.15, 0.2) is 58.3 Å². The van der Waals surface area contributed by atoms with Gasteiger partial charge in [0.15, 0.2) is 5.65 Å². The molecule has 0 aliphatic rings. The van der Waals surface area contributed by atoms with Crippen LogP contribution in [0.4, 0.5) is 10.2 Å². The summed E-state index contributed by atoms with van der Waals surface area (Å²) in [6.45, 7) is -0.188. The molecule has 0 saturated carbocycles. The van der Waals surface area contributed by atoms with E-state index >= 15 is 0 Å². The summed E-state index contributed by atoms with van der Waals surface area (Å²) < 4.78 is 41.0. The number of nitrogen functional groups attached to an aromatic ring is 1. The Labute approximate surface area is 153 Å². The molecule has 0 fully saturated rings. The molecule has 4 rings (SSSR count). The predicted molar refractivity (Wildman–Crippen MR) is 98.4 cm³/mol. The molecule has 2 aromatic carbocycles. The second-order valence-corrected chi connectivity index (χ2v) is 7.82. The molecule has 138 valence electrons. The van der Waals surface area contributed by atoms with Gasteiger partial charge in [0, 0.05) is 6.54 Å². The lowest BCUT2D eigenvalue weighted by Gasteiger charge is -2.06. The van der Waals surface area contributed by atoms with Crippen molar-refractivity contribution in [3.63, 3.8) is 0 Å². The van der Waals surface area contributed by atoms with E-state index in [1.54, 1.807) is 24.3 Å². The fourth-order valence-corrected chi connectivity index (χ4v) is 4.52. The van der Waals surface area contributed by atoms with Crippen LogP contribution in [0.5, 0.6) is 0 Å². The van der Waals surface area contributed by atoms with E-state index in [2.05, 4.69) is 9.97 Å². The first kappa shape index (κ1) is 17.4. The van der Waals surface area contributed by atoms with Crippen LogP contribution in [0, 0.1) is 5.82 Å². The summed E-state index contributed by atoms with van der Waals surface area (Å²) in [6.07, 6.45) is 0. The average molecular weight is 386 g/mol. The number of aliphatic hydroxyl groups excluding tert-OH is 1. The van der Waals surface area contributed by atoms with Crippen LogP contribution in [-0.4, -0.2) is 34.7 Å². The number of nitrogens with two attached hydrogens (primary N) is 1. The number of aliphatic hydroxyl groups is 1. The molecule has 0 aliphatic heterocycles. The number of para-hydroxylation sites is 2. The number of aromatic nitrogens is 3. The molecule has 0 unspecified atom stereocenters. The van der Waals surface area contributed by atoms with Crippen molar-refractivity contribution in [2.45, 2.75) is 16.3 Å². The summed E-state index contributed by atoms with van der Waals surface area (Å²) in [4.78, 5) is 8.63. The second-order valence-electron chi connectivity index (χ2n) is 5.93. The smallest absolute Gasteiger partial charge is 0.212 e. The lowest BCUT2D eigenvalue weighted by molar-refractivity contribution is 0.278. The number of halogens is 1. The number of fused-ring (bicyclic) bond motifs is 2. The normalized spacial score (nSPS) is 12.1. The molecule has 0 atom stereocenters. The van der Waals surface area contributed by atoms with Crippen molar-refractivity contribution in [2.24, 2.45) is 0 Å². The van der Waals surface area contributed by atoms with Crippen LogP contribution in [0.25, 0.3) is 22.2 Å². The molecule has 3 N–H and O–H groups in total. The molecule has 0 radical (unpaired) electrons. The molecule has 2 heterocycles. The molecule has 2 aromatic heterocycles. The Morgan fingerprint density at radius 2 is 1.67 bits per heavy atom. The first-order valence-corrected chi connectivity index (χ1v) is 9.58. The highest BCUT2D eigenvalue weighted by molar-refractivity contribution is 7.92. The first-order valence-electron chi connectivity index (χ1n) is 8.09. The molecule has 0 aliphatic carbocycles. The van der Waals surface area contributed by atoms with Gasteiger partial charge < -0.3 is 15.4 Å². The number of rotatable bonds is 4. The van der Waals surface area contributed by atoms with Gasteiger partial charge in [-0.15, -0.1) is 0 Å². The average Bonchev–Trinajstić information content (AvgIpc) is 2.92. The van der Waals surface area contributed by atoms with Gasteiger partial charge in [0.2, 0.25) is 9.84 Å². The Morgan fingerprint density at radius 3 is 2.30 bits per heavy atom. The van der Waals surface area contributed by atoms with Crippen molar-refractivity contribution < 1.29 is 17.9 Å². The van der Waals surface area contributed by atoms with E-state index in [1.165, 1.54) is 16.7 Å². The molecular formula is C18H15FN4O3S. The first-order chi connectivity index (χ1) is 12.9. The van der Waals surface area contributed by atoms with Crippen LogP contribution in [0.2, 0.25) is 0 Å². The minimum absolute atomic E-state index is 0.0638. The van der Waals surface area contributed by atoms with E-state index in [0.717, 1.165) is 12.1 Å². The molecule has 4 aromatic rings. The quantitative estimate of drug-likeness (QED) is 0.520. The zero-order valence-electron chi connectivity index (χ0n) is 14.0. The van der Waals surface area contributed by atoms with Gasteiger partial charge in [0.1, 0.15) is 22.0 Å². The highest BCUT2D eigenvalue weighted by atomic mass is 32.2. The van der Waals surface area contributed by atoms with Gasteiger partial charge in [-0.1, -0.05) is 12.1 Å². The molecule has 7 nitrogen and oxygen atoms in total. The topological polar surface area (TPSA) is 111 Å². The third-order valence-electron chi connectivity index (χ3n) is 4.26. The lowest BCUT2D eigenvalue weighted by atomic mass is 10.3. The van der Waals surface area contributed by atoms with Gasteiger partial charge in [-0.05, 0) is 36.4 Å². The molecule has 0 amide bonds. The highest BCUT2D eigenvalue weighted by Gasteiger charge is 2.30. The van der Waals surface area contributed by atoms with E-state index in [9.17, 15) is 17.9 Å². The van der Waals surface area contributed by atoms with Crippen LogP contribution in [0.1, 0.15) is 0 Å². The standard InChI is InChI=1S/C18H15FN4O3S/c19-11-5-7-12(8-6-11)27(25,26)16-15-18(23(9-10-24)17(16)20)22-14-4-2-1-3-13(14)21-15/h1-8,24H,9-10,20H2. The van der Waals surface area contributed by atoms with Gasteiger partial charge in [0.05, 0.1) is 22.5 Å². The predicted octanol–water partition coefficient (Wildman–Crippen LogP) is 2.13. The van der Waals surface area contributed by atoms with Crippen molar-refractivity contribution in [2.75, 3.05) is 12.3 Å². The Hall–Kier alpha value is -3.04. The minimum Gasteiger partial charge on any atom is -0.395 e. The Bertz CT molecular complexity index is 1270. The second kappa shape index (κ2) is 6.29. The molecule has 27 heavy (non-hydrogen) atoms. The molecule has 0 bridgehead atoms. The lowest BCUT2D eigenvalue weighted by Crippen LogP contribution is -2.09. The zero-order valence-corrected chi connectivity index (χ0v) is 14.8. The van der Waals surface area contributed by atoms with Gasteiger partial charge in [-0.25, -0.2) is 22.8 Å². The van der Waals surface area contributed by atoms with Crippen molar-refractivity contribution >= 4 is 37.9 Å². The van der Waals surface area contributed by atoms with E-state index in [-0.39, 0.29) is 39.9 Å². The molecule has 0 spiro atoms. The van der Waals surface area contributed by atoms with Gasteiger partial charge >= 0.3 is 0 Å². The number of anilines is 1. The Kier molecular flexibility index (Phi) is 4.05. The van der Waals surface area contributed by atoms with E-state index in [1.807, 2.05) is 0 Å². The van der Waals surface area contributed by atoms with Crippen molar-refractivity contribution in [3.05, 3.63) is 54.3 Å². The van der Waals surface area contributed by atoms with Crippen LogP contribution >= 0.6 is 0 Å². The SMILES string of the molecule is Nc1c(S(=O)(=O)c2ccc(F)cc2)c2nc3ccccc3nc2n1CCO. The summed E-state index contributed by atoms with van der Waals surface area (Å²) in [5.41, 5.74) is 7.61. The number of hydrogen-bond acceptors (Lipinski definition) is 6. The van der Waals surface area contributed by atoms with Crippen LogP contribution < -0.4 is 5.73 Å². The molecule has 0 saturated heterocycles. The van der Waals surface area contributed by atoms with E-state index in [0.29, 0.717) is 11.0 Å².